The number of carboxylic acid groups (broad SMARTS) is 1. The number of nitrogens with one attached hydrogen (secondary N) is 3. The number of aliphatic carboxylic acids is 1. The summed E-state index contributed by atoms with van der Waals surface area (Å²) >= 11 is 5.28. The van der Waals surface area contributed by atoms with Crippen molar-refractivity contribution in [3.05, 3.63) is 29.8 Å². The number of phenols is 1. The topological polar surface area (TPSA) is 214 Å². The Balaban J connectivity index is 2.92. The Morgan fingerprint density at radius 1 is 0.971 bits per heavy atom. The molecule has 14 heteroatoms. The van der Waals surface area contributed by atoms with Gasteiger partial charge in [-0.15, -0.1) is 0 Å². The standard InChI is InChI=1S/C21H31N5O7S2/c1-35-7-6-14(24-18(29)13(22)8-11-2-4-12(27)5-3-11)19(30)25-15(9-17(23)28)20(31)26-16(10-34)21(32)33/h2-5,13-16,27,34H,6-10,22H2,1H3,(H2,23,28)(H,24,29)(H,25,30)(H,26,31)(H,32,33). The summed E-state index contributed by atoms with van der Waals surface area (Å²) in [6.07, 6.45) is 1.57. The summed E-state index contributed by atoms with van der Waals surface area (Å²) < 4.78 is 0. The predicted molar refractivity (Wildman–Crippen MR) is 134 cm³/mol. The van der Waals surface area contributed by atoms with Gasteiger partial charge in [-0.05, 0) is 42.5 Å². The van der Waals surface area contributed by atoms with Crippen LogP contribution in [-0.4, -0.2) is 81.7 Å². The Morgan fingerprint density at radius 3 is 2.03 bits per heavy atom. The Hall–Kier alpha value is -2.97. The Morgan fingerprint density at radius 2 is 1.51 bits per heavy atom. The summed E-state index contributed by atoms with van der Waals surface area (Å²) in [6.45, 7) is 0. The van der Waals surface area contributed by atoms with E-state index in [0.29, 0.717) is 11.3 Å². The number of primary amides is 1. The van der Waals surface area contributed by atoms with Crippen LogP contribution in [-0.2, 0) is 30.4 Å². The molecule has 194 valence electrons. The zero-order chi connectivity index (χ0) is 26.5. The second kappa shape index (κ2) is 15.1. The number of nitrogens with two attached hydrogens (primary N) is 2. The van der Waals surface area contributed by atoms with E-state index in [1.54, 1.807) is 18.4 Å². The van der Waals surface area contributed by atoms with Crippen molar-refractivity contribution in [2.75, 3.05) is 17.8 Å². The highest BCUT2D eigenvalue weighted by Crippen LogP contribution is 2.11. The minimum Gasteiger partial charge on any atom is -0.508 e. The number of phenolic OH excluding ortho intramolecular Hbond substituents is 1. The van der Waals surface area contributed by atoms with Crippen LogP contribution in [0.15, 0.2) is 24.3 Å². The predicted octanol–water partition coefficient (Wildman–Crippen LogP) is -1.64. The number of hydrogen-bond acceptors (Lipinski definition) is 9. The first-order chi connectivity index (χ1) is 16.5. The first kappa shape index (κ1) is 30.1. The number of thiol groups is 1. The number of carboxylic acids is 1. The van der Waals surface area contributed by atoms with Crippen LogP contribution in [0.5, 0.6) is 5.75 Å². The van der Waals surface area contributed by atoms with Gasteiger partial charge in [0.2, 0.25) is 23.6 Å². The van der Waals surface area contributed by atoms with Crippen LogP contribution in [0.25, 0.3) is 0 Å². The number of benzene rings is 1. The van der Waals surface area contributed by atoms with Crippen molar-refractivity contribution in [2.24, 2.45) is 11.5 Å². The molecule has 0 aliphatic heterocycles. The average molecular weight is 530 g/mol. The van der Waals surface area contributed by atoms with E-state index in [1.165, 1.54) is 23.9 Å². The minimum atomic E-state index is -1.46. The highest BCUT2D eigenvalue weighted by Gasteiger charge is 2.30. The molecule has 1 aromatic carbocycles. The fraction of sp³-hybridized carbons (Fsp3) is 0.476. The van der Waals surface area contributed by atoms with Crippen molar-refractivity contribution in [1.29, 1.82) is 0 Å². The maximum absolute atomic E-state index is 12.9. The van der Waals surface area contributed by atoms with Crippen molar-refractivity contribution < 1.29 is 34.2 Å². The first-order valence-corrected chi connectivity index (χ1v) is 12.6. The molecule has 0 spiro atoms. The molecule has 0 bridgehead atoms. The summed E-state index contributed by atoms with van der Waals surface area (Å²) in [6, 6.07) is 1.27. The van der Waals surface area contributed by atoms with Crippen LogP contribution < -0.4 is 27.4 Å². The lowest BCUT2D eigenvalue weighted by molar-refractivity contribution is -0.141. The van der Waals surface area contributed by atoms with E-state index in [-0.39, 0.29) is 24.3 Å². The number of amides is 4. The van der Waals surface area contributed by atoms with Gasteiger partial charge in [0, 0.05) is 5.75 Å². The molecule has 0 aromatic heterocycles. The molecule has 0 aliphatic carbocycles. The third kappa shape index (κ3) is 10.9. The van der Waals surface area contributed by atoms with Crippen molar-refractivity contribution in [3.8, 4) is 5.75 Å². The normalized spacial score (nSPS) is 14.1. The Bertz CT molecular complexity index is 901. The van der Waals surface area contributed by atoms with Gasteiger partial charge in [0.05, 0.1) is 12.5 Å². The number of hydrogen-bond donors (Lipinski definition) is 8. The van der Waals surface area contributed by atoms with Crippen LogP contribution in [0.3, 0.4) is 0 Å². The van der Waals surface area contributed by atoms with E-state index in [2.05, 4.69) is 28.6 Å². The van der Waals surface area contributed by atoms with Gasteiger partial charge in [-0.1, -0.05) is 12.1 Å². The molecule has 1 rings (SSSR count). The number of carbonyl (C=O) groups is 5. The van der Waals surface area contributed by atoms with E-state index >= 15 is 0 Å². The van der Waals surface area contributed by atoms with Crippen LogP contribution in [0.1, 0.15) is 18.4 Å². The molecule has 0 fully saturated rings. The SMILES string of the molecule is CSCCC(NC(=O)C(N)Cc1ccc(O)cc1)C(=O)NC(CC(N)=O)C(=O)NC(CS)C(=O)O. The molecular formula is C21H31N5O7S2. The summed E-state index contributed by atoms with van der Waals surface area (Å²) in [7, 11) is 0. The first-order valence-electron chi connectivity index (χ1n) is 10.5. The lowest BCUT2D eigenvalue weighted by atomic mass is 10.0. The van der Waals surface area contributed by atoms with Gasteiger partial charge in [0.25, 0.3) is 0 Å². The van der Waals surface area contributed by atoms with Gasteiger partial charge in [0.15, 0.2) is 0 Å². The lowest BCUT2D eigenvalue weighted by Crippen LogP contribution is -2.58. The molecular weight excluding hydrogens is 498 g/mol. The molecule has 4 amide bonds. The summed E-state index contributed by atoms with van der Waals surface area (Å²) in [5, 5.41) is 25.6. The van der Waals surface area contributed by atoms with E-state index in [0.717, 1.165) is 0 Å². The number of carbonyl (C=O) groups excluding carboxylic acids is 4. The van der Waals surface area contributed by atoms with Gasteiger partial charge in [-0.25, -0.2) is 4.79 Å². The fourth-order valence-electron chi connectivity index (χ4n) is 2.90. The molecule has 9 N–H and O–H groups in total. The number of thioether (sulfide) groups is 1. The zero-order valence-corrected chi connectivity index (χ0v) is 20.8. The van der Waals surface area contributed by atoms with Crippen LogP contribution >= 0.6 is 24.4 Å². The molecule has 35 heavy (non-hydrogen) atoms. The Labute approximate surface area is 212 Å². The van der Waals surface area contributed by atoms with E-state index in [9.17, 15) is 29.1 Å². The zero-order valence-electron chi connectivity index (χ0n) is 19.1. The van der Waals surface area contributed by atoms with Gasteiger partial charge in [0.1, 0.15) is 23.9 Å². The molecule has 0 radical (unpaired) electrons. The van der Waals surface area contributed by atoms with Gasteiger partial charge < -0.3 is 37.6 Å². The molecule has 0 heterocycles. The molecule has 1 aromatic rings. The second-order valence-electron chi connectivity index (χ2n) is 7.63. The molecule has 4 atom stereocenters. The van der Waals surface area contributed by atoms with Crippen molar-refractivity contribution >= 4 is 54.0 Å². The summed E-state index contributed by atoms with van der Waals surface area (Å²) in [5.74, 6) is -4.21. The monoisotopic (exact) mass is 529 g/mol. The summed E-state index contributed by atoms with van der Waals surface area (Å²) in [5.41, 5.74) is 11.9. The lowest BCUT2D eigenvalue weighted by Gasteiger charge is -2.24. The van der Waals surface area contributed by atoms with Crippen LogP contribution in [0.2, 0.25) is 0 Å². The fourth-order valence-corrected chi connectivity index (χ4v) is 3.62. The maximum Gasteiger partial charge on any atom is 0.327 e. The number of aromatic hydroxyl groups is 1. The third-order valence-electron chi connectivity index (χ3n) is 4.81. The number of rotatable bonds is 15. The average Bonchev–Trinajstić information content (AvgIpc) is 2.80. The van der Waals surface area contributed by atoms with Gasteiger partial charge in [-0.3, -0.25) is 19.2 Å². The summed E-state index contributed by atoms with van der Waals surface area (Å²) in [4.78, 5) is 60.7. The molecule has 0 saturated heterocycles. The molecule has 0 aliphatic rings. The third-order valence-corrected chi connectivity index (χ3v) is 5.82. The van der Waals surface area contributed by atoms with Crippen LogP contribution in [0.4, 0.5) is 0 Å². The highest BCUT2D eigenvalue weighted by molar-refractivity contribution is 7.98. The quantitative estimate of drug-likeness (QED) is 0.122. The molecule has 4 unspecified atom stereocenters. The van der Waals surface area contributed by atoms with Crippen molar-refractivity contribution in [2.45, 2.75) is 43.4 Å². The van der Waals surface area contributed by atoms with Crippen molar-refractivity contribution in [3.63, 3.8) is 0 Å². The second-order valence-corrected chi connectivity index (χ2v) is 8.98. The maximum atomic E-state index is 12.9. The van der Waals surface area contributed by atoms with Gasteiger partial charge >= 0.3 is 5.97 Å². The Kier molecular flexibility index (Phi) is 13.0. The van der Waals surface area contributed by atoms with E-state index < -0.39 is 60.2 Å². The van der Waals surface area contributed by atoms with Crippen LogP contribution in [0, 0.1) is 0 Å². The van der Waals surface area contributed by atoms with Gasteiger partial charge in [-0.2, -0.15) is 24.4 Å². The van der Waals surface area contributed by atoms with E-state index in [4.69, 9.17) is 16.6 Å². The highest BCUT2D eigenvalue weighted by atomic mass is 32.2. The minimum absolute atomic E-state index is 0.0687. The van der Waals surface area contributed by atoms with Crippen molar-refractivity contribution in [1.82, 2.24) is 16.0 Å². The molecule has 12 nitrogen and oxygen atoms in total. The largest absolute Gasteiger partial charge is 0.508 e. The molecule has 0 saturated carbocycles. The van der Waals surface area contributed by atoms with E-state index in [1.807, 2.05) is 0 Å². The smallest absolute Gasteiger partial charge is 0.327 e.